The van der Waals surface area contributed by atoms with Gasteiger partial charge >= 0.3 is 5.97 Å². The lowest BCUT2D eigenvalue weighted by Gasteiger charge is -2.03. The summed E-state index contributed by atoms with van der Waals surface area (Å²) in [5.74, 6) is -0.0417. The smallest absolute Gasteiger partial charge is 0.305 e. The summed E-state index contributed by atoms with van der Waals surface area (Å²) in [5, 5.41) is 0. The van der Waals surface area contributed by atoms with Crippen molar-refractivity contribution in [3.8, 4) is 0 Å². The van der Waals surface area contributed by atoms with Crippen LogP contribution in [0.4, 0.5) is 0 Å². The Kier molecular flexibility index (Phi) is 11.7. The van der Waals surface area contributed by atoms with Crippen molar-refractivity contribution in [2.45, 2.75) is 65.2 Å². The maximum Gasteiger partial charge on any atom is 0.305 e. The van der Waals surface area contributed by atoms with Crippen molar-refractivity contribution in [2.75, 3.05) is 6.61 Å². The van der Waals surface area contributed by atoms with Crippen LogP contribution in [0.25, 0.3) is 0 Å². The number of unbranched alkanes of at least 4 members (excludes halogenated alkanes) is 5. The number of carbonyl (C=O) groups excluding carboxylic acids is 1. The molecule has 0 atom stereocenters. The molecule has 0 aliphatic rings. The summed E-state index contributed by atoms with van der Waals surface area (Å²) >= 11 is 0. The zero-order valence-corrected chi connectivity index (χ0v) is 10.8. The SMILES string of the molecule is C/C=C\CCOC(=O)CCCCCCCC. The number of rotatable bonds is 10. The molecule has 0 spiro atoms. The molecule has 2 nitrogen and oxygen atoms in total. The summed E-state index contributed by atoms with van der Waals surface area (Å²) in [4.78, 5) is 11.2. The van der Waals surface area contributed by atoms with E-state index >= 15 is 0 Å². The summed E-state index contributed by atoms with van der Waals surface area (Å²) in [5.41, 5.74) is 0. The minimum absolute atomic E-state index is 0.0417. The lowest BCUT2D eigenvalue weighted by molar-refractivity contribution is -0.143. The van der Waals surface area contributed by atoms with Crippen LogP contribution in [0.1, 0.15) is 65.2 Å². The maximum absolute atomic E-state index is 11.2. The number of esters is 1. The van der Waals surface area contributed by atoms with Gasteiger partial charge in [0.15, 0.2) is 0 Å². The maximum atomic E-state index is 11.2. The number of hydrogen-bond acceptors (Lipinski definition) is 2. The summed E-state index contributed by atoms with van der Waals surface area (Å²) in [6.45, 7) is 4.71. The van der Waals surface area contributed by atoms with E-state index in [-0.39, 0.29) is 5.97 Å². The quantitative estimate of drug-likeness (QED) is 0.316. The summed E-state index contributed by atoms with van der Waals surface area (Å²) in [6, 6.07) is 0. The first-order chi connectivity index (χ1) is 7.81. The van der Waals surface area contributed by atoms with Crippen LogP contribution in [0, 0.1) is 0 Å². The van der Waals surface area contributed by atoms with E-state index in [1.807, 2.05) is 19.1 Å². The Morgan fingerprint density at radius 2 is 1.81 bits per heavy atom. The van der Waals surface area contributed by atoms with Crippen LogP contribution in [-0.2, 0) is 9.53 Å². The van der Waals surface area contributed by atoms with E-state index in [0.29, 0.717) is 13.0 Å². The van der Waals surface area contributed by atoms with Crippen LogP contribution in [-0.4, -0.2) is 12.6 Å². The molecule has 0 N–H and O–H groups in total. The molecule has 0 amide bonds. The minimum atomic E-state index is -0.0417. The molecule has 16 heavy (non-hydrogen) atoms. The highest BCUT2D eigenvalue weighted by Gasteiger charge is 2.01. The zero-order chi connectivity index (χ0) is 12.1. The van der Waals surface area contributed by atoms with Gasteiger partial charge in [0.25, 0.3) is 0 Å². The van der Waals surface area contributed by atoms with Gasteiger partial charge in [-0.3, -0.25) is 4.79 Å². The topological polar surface area (TPSA) is 26.3 Å². The van der Waals surface area contributed by atoms with Gasteiger partial charge in [0, 0.05) is 6.42 Å². The molecular formula is C14H26O2. The first-order valence-electron chi connectivity index (χ1n) is 6.58. The predicted octanol–water partition coefficient (Wildman–Crippen LogP) is 4.25. The Bertz CT molecular complexity index is 185. The van der Waals surface area contributed by atoms with Crippen molar-refractivity contribution in [3.63, 3.8) is 0 Å². The van der Waals surface area contributed by atoms with Gasteiger partial charge in [-0.15, -0.1) is 0 Å². The van der Waals surface area contributed by atoms with Crippen LogP contribution < -0.4 is 0 Å². The first kappa shape index (κ1) is 15.2. The lowest BCUT2D eigenvalue weighted by Crippen LogP contribution is -2.04. The molecule has 0 aromatic rings. The van der Waals surface area contributed by atoms with Gasteiger partial charge in [-0.2, -0.15) is 0 Å². The van der Waals surface area contributed by atoms with Crippen molar-refractivity contribution in [3.05, 3.63) is 12.2 Å². The van der Waals surface area contributed by atoms with Gasteiger partial charge < -0.3 is 4.74 Å². The molecule has 0 saturated carbocycles. The number of hydrogen-bond donors (Lipinski definition) is 0. The second-order valence-electron chi connectivity index (χ2n) is 4.10. The minimum Gasteiger partial charge on any atom is -0.465 e. The van der Waals surface area contributed by atoms with Crippen LogP contribution in [0.2, 0.25) is 0 Å². The lowest BCUT2D eigenvalue weighted by atomic mass is 10.1. The zero-order valence-electron chi connectivity index (χ0n) is 10.8. The molecule has 0 aromatic heterocycles. The molecule has 0 rings (SSSR count). The average Bonchev–Trinajstić information content (AvgIpc) is 2.29. The van der Waals surface area contributed by atoms with Gasteiger partial charge in [0.1, 0.15) is 0 Å². The van der Waals surface area contributed by atoms with Crippen molar-refractivity contribution in [2.24, 2.45) is 0 Å². The van der Waals surface area contributed by atoms with Gasteiger partial charge in [0.2, 0.25) is 0 Å². The molecule has 0 fully saturated rings. The van der Waals surface area contributed by atoms with Crippen molar-refractivity contribution >= 4 is 5.97 Å². The van der Waals surface area contributed by atoms with E-state index < -0.39 is 0 Å². The van der Waals surface area contributed by atoms with Crippen LogP contribution in [0.5, 0.6) is 0 Å². The van der Waals surface area contributed by atoms with Crippen LogP contribution in [0.15, 0.2) is 12.2 Å². The van der Waals surface area contributed by atoms with Crippen molar-refractivity contribution in [1.82, 2.24) is 0 Å². The Balaban J connectivity index is 3.17. The fraction of sp³-hybridized carbons (Fsp3) is 0.786. The first-order valence-corrected chi connectivity index (χ1v) is 6.58. The largest absolute Gasteiger partial charge is 0.465 e. The van der Waals surface area contributed by atoms with E-state index in [4.69, 9.17) is 4.74 Å². The fourth-order valence-electron chi connectivity index (χ4n) is 1.53. The average molecular weight is 226 g/mol. The van der Waals surface area contributed by atoms with E-state index in [1.54, 1.807) is 0 Å². The van der Waals surface area contributed by atoms with Crippen molar-refractivity contribution in [1.29, 1.82) is 0 Å². The fourth-order valence-corrected chi connectivity index (χ4v) is 1.53. The molecule has 2 heteroatoms. The molecule has 0 heterocycles. The second-order valence-corrected chi connectivity index (χ2v) is 4.10. The number of ether oxygens (including phenoxy) is 1. The monoisotopic (exact) mass is 226 g/mol. The molecule has 0 aromatic carbocycles. The third-order valence-electron chi connectivity index (χ3n) is 2.52. The van der Waals surface area contributed by atoms with Gasteiger partial charge in [0.05, 0.1) is 6.61 Å². The molecule has 94 valence electrons. The molecule has 0 unspecified atom stereocenters. The summed E-state index contributed by atoms with van der Waals surface area (Å²) < 4.78 is 5.08. The Morgan fingerprint density at radius 1 is 1.12 bits per heavy atom. The van der Waals surface area contributed by atoms with E-state index in [0.717, 1.165) is 19.3 Å². The molecule has 0 saturated heterocycles. The molecule has 0 bridgehead atoms. The van der Waals surface area contributed by atoms with E-state index in [1.165, 1.54) is 25.7 Å². The molecule has 0 aliphatic heterocycles. The highest BCUT2D eigenvalue weighted by Crippen LogP contribution is 2.07. The van der Waals surface area contributed by atoms with Gasteiger partial charge in [-0.25, -0.2) is 0 Å². The van der Waals surface area contributed by atoms with Crippen molar-refractivity contribution < 1.29 is 9.53 Å². The highest BCUT2D eigenvalue weighted by atomic mass is 16.5. The predicted molar refractivity (Wildman–Crippen MR) is 68.4 cm³/mol. The standard InChI is InChI=1S/C14H26O2/c1-3-5-7-8-9-10-12-14(15)16-13-11-6-4-2/h4,6H,3,5,7-13H2,1-2H3/b6-4-. The summed E-state index contributed by atoms with van der Waals surface area (Å²) in [6.07, 6.45) is 12.7. The molecular weight excluding hydrogens is 200 g/mol. The molecule has 0 radical (unpaired) electrons. The number of carbonyl (C=O) groups is 1. The van der Waals surface area contributed by atoms with Crippen LogP contribution >= 0.6 is 0 Å². The Hall–Kier alpha value is -0.790. The number of allylic oxidation sites excluding steroid dienone is 1. The second kappa shape index (κ2) is 12.3. The van der Waals surface area contributed by atoms with E-state index in [9.17, 15) is 4.79 Å². The highest BCUT2D eigenvalue weighted by molar-refractivity contribution is 5.69. The Labute approximate surface area is 100 Å². The Morgan fingerprint density at radius 3 is 2.50 bits per heavy atom. The third kappa shape index (κ3) is 11.3. The van der Waals surface area contributed by atoms with Gasteiger partial charge in [-0.05, 0) is 19.8 Å². The normalized spacial score (nSPS) is 10.9. The van der Waals surface area contributed by atoms with Gasteiger partial charge in [-0.1, -0.05) is 51.2 Å². The van der Waals surface area contributed by atoms with E-state index in [2.05, 4.69) is 6.92 Å². The van der Waals surface area contributed by atoms with Crippen LogP contribution in [0.3, 0.4) is 0 Å². The third-order valence-corrected chi connectivity index (χ3v) is 2.52. The molecule has 0 aliphatic carbocycles. The summed E-state index contributed by atoms with van der Waals surface area (Å²) in [7, 11) is 0.